The highest BCUT2D eigenvalue weighted by atomic mass is 16.3. The number of aryl methyl sites for hydroxylation is 1. The zero-order valence-corrected chi connectivity index (χ0v) is 8.86. The molecule has 15 heavy (non-hydrogen) atoms. The summed E-state index contributed by atoms with van der Waals surface area (Å²) in [5.74, 6) is 0.245. The zero-order valence-electron chi connectivity index (χ0n) is 8.86. The molecule has 0 unspecified atom stereocenters. The Labute approximate surface area is 89.4 Å². The molecule has 0 aliphatic heterocycles. The summed E-state index contributed by atoms with van der Waals surface area (Å²) in [6.07, 6.45) is 1.54. The molecule has 0 aliphatic rings. The lowest BCUT2D eigenvalue weighted by Crippen LogP contribution is -2.01. The van der Waals surface area contributed by atoms with Crippen LogP contribution in [0.5, 0.6) is 5.75 Å². The lowest BCUT2D eigenvalue weighted by Gasteiger charge is -2.04. The van der Waals surface area contributed by atoms with Crippen molar-refractivity contribution in [3.05, 3.63) is 29.3 Å². The number of ketones is 1. The molecule has 1 rings (SSSR count). The monoisotopic (exact) mass is 208 g/mol. The van der Waals surface area contributed by atoms with Crippen molar-refractivity contribution in [2.24, 2.45) is 0 Å². The molecule has 0 bridgehead atoms. The number of carbonyl (C=O) groups excluding carboxylic acids is 1. The van der Waals surface area contributed by atoms with E-state index < -0.39 is 0 Å². The summed E-state index contributed by atoms with van der Waals surface area (Å²) < 4.78 is 0. The van der Waals surface area contributed by atoms with Crippen molar-refractivity contribution in [2.75, 3.05) is 6.61 Å². The van der Waals surface area contributed by atoms with E-state index in [9.17, 15) is 9.90 Å². The summed E-state index contributed by atoms with van der Waals surface area (Å²) in [4.78, 5) is 11.6. The van der Waals surface area contributed by atoms with E-state index >= 15 is 0 Å². The van der Waals surface area contributed by atoms with Gasteiger partial charge in [0.05, 0.1) is 0 Å². The van der Waals surface area contributed by atoms with Gasteiger partial charge in [0.25, 0.3) is 0 Å². The fourth-order valence-corrected chi connectivity index (χ4v) is 1.43. The maximum Gasteiger partial charge on any atom is 0.162 e. The molecule has 0 radical (unpaired) electrons. The molecule has 0 aliphatic carbocycles. The fraction of sp³-hybridized carbons (Fsp3) is 0.417. The summed E-state index contributed by atoms with van der Waals surface area (Å²) in [6.45, 7) is 1.96. The van der Waals surface area contributed by atoms with Crippen molar-refractivity contribution in [3.8, 4) is 5.75 Å². The number of phenols is 1. The molecule has 3 nitrogen and oxygen atoms in total. The van der Waals surface area contributed by atoms with Crippen LogP contribution >= 0.6 is 0 Å². The Hall–Kier alpha value is -1.35. The van der Waals surface area contributed by atoms with E-state index in [1.807, 2.05) is 6.92 Å². The van der Waals surface area contributed by atoms with E-state index in [1.165, 1.54) is 0 Å². The fourth-order valence-electron chi connectivity index (χ4n) is 1.43. The summed E-state index contributed by atoms with van der Waals surface area (Å²) in [6, 6.07) is 4.88. The number of aliphatic hydroxyl groups is 1. The maximum absolute atomic E-state index is 11.6. The van der Waals surface area contributed by atoms with Crippen LogP contribution in [0.2, 0.25) is 0 Å². The van der Waals surface area contributed by atoms with Gasteiger partial charge in [-0.1, -0.05) is 6.92 Å². The van der Waals surface area contributed by atoms with Gasteiger partial charge in [0, 0.05) is 18.6 Å². The van der Waals surface area contributed by atoms with Crippen LogP contribution in [0.1, 0.15) is 35.7 Å². The summed E-state index contributed by atoms with van der Waals surface area (Å²) in [7, 11) is 0. The second-order valence-electron chi connectivity index (χ2n) is 3.45. The van der Waals surface area contributed by atoms with Crippen LogP contribution in [-0.2, 0) is 6.42 Å². The lowest BCUT2D eigenvalue weighted by atomic mass is 10.0. The van der Waals surface area contributed by atoms with Gasteiger partial charge in [0.2, 0.25) is 0 Å². The Balaban J connectivity index is 2.81. The van der Waals surface area contributed by atoms with Crippen molar-refractivity contribution in [1.29, 1.82) is 0 Å². The number of benzene rings is 1. The number of carbonyl (C=O) groups is 1. The van der Waals surface area contributed by atoms with Gasteiger partial charge in [-0.3, -0.25) is 4.79 Å². The minimum atomic E-state index is 0.0127. The molecular formula is C12H16O3. The largest absolute Gasteiger partial charge is 0.508 e. The molecule has 3 heteroatoms. The highest BCUT2D eigenvalue weighted by Gasteiger charge is 2.07. The highest BCUT2D eigenvalue weighted by molar-refractivity contribution is 5.96. The van der Waals surface area contributed by atoms with Gasteiger partial charge in [0.15, 0.2) is 5.78 Å². The molecule has 0 saturated carbocycles. The van der Waals surface area contributed by atoms with Gasteiger partial charge in [-0.05, 0) is 36.6 Å². The van der Waals surface area contributed by atoms with E-state index in [2.05, 4.69) is 0 Å². The smallest absolute Gasteiger partial charge is 0.162 e. The summed E-state index contributed by atoms with van der Waals surface area (Å²) in [5.41, 5.74) is 1.39. The quantitative estimate of drug-likeness (QED) is 0.727. The molecule has 2 N–H and O–H groups in total. The average Bonchev–Trinajstić information content (AvgIpc) is 2.26. The minimum absolute atomic E-state index is 0.0127. The molecule has 0 saturated heterocycles. The van der Waals surface area contributed by atoms with Crippen LogP contribution in [0.3, 0.4) is 0 Å². The van der Waals surface area contributed by atoms with Crippen LogP contribution in [-0.4, -0.2) is 22.6 Å². The van der Waals surface area contributed by atoms with Crippen LogP contribution in [0.4, 0.5) is 0 Å². The second kappa shape index (κ2) is 5.51. The number of rotatable bonds is 5. The first-order chi connectivity index (χ1) is 7.19. The lowest BCUT2D eigenvalue weighted by molar-refractivity contribution is 0.0971. The van der Waals surface area contributed by atoms with Crippen LogP contribution in [0, 0.1) is 0 Å². The van der Waals surface area contributed by atoms with Gasteiger partial charge in [0.1, 0.15) is 5.75 Å². The number of hydrogen-bond donors (Lipinski definition) is 2. The molecular weight excluding hydrogens is 192 g/mol. The SMILES string of the molecule is CCc1cc(C(=O)CCCO)ccc1O. The van der Waals surface area contributed by atoms with E-state index in [1.54, 1.807) is 18.2 Å². The van der Waals surface area contributed by atoms with Crippen molar-refractivity contribution in [1.82, 2.24) is 0 Å². The first-order valence-electron chi connectivity index (χ1n) is 5.15. The summed E-state index contributed by atoms with van der Waals surface area (Å²) >= 11 is 0. The van der Waals surface area contributed by atoms with Gasteiger partial charge >= 0.3 is 0 Å². The maximum atomic E-state index is 11.6. The number of hydrogen-bond acceptors (Lipinski definition) is 3. The molecule has 82 valence electrons. The Kier molecular flexibility index (Phi) is 4.31. The van der Waals surface area contributed by atoms with E-state index in [4.69, 9.17) is 5.11 Å². The van der Waals surface area contributed by atoms with Crippen LogP contribution in [0.15, 0.2) is 18.2 Å². The van der Waals surface area contributed by atoms with Gasteiger partial charge < -0.3 is 10.2 Å². The van der Waals surface area contributed by atoms with E-state index in [-0.39, 0.29) is 18.1 Å². The zero-order chi connectivity index (χ0) is 11.3. The standard InChI is InChI=1S/C12H16O3/c1-2-9-8-10(5-6-12(9)15)11(14)4-3-7-13/h5-6,8,13,15H,2-4,7H2,1H3. The van der Waals surface area contributed by atoms with Gasteiger partial charge in [-0.2, -0.15) is 0 Å². The Bertz CT molecular complexity index is 345. The Morgan fingerprint density at radius 1 is 1.40 bits per heavy atom. The van der Waals surface area contributed by atoms with Crippen molar-refractivity contribution < 1.29 is 15.0 Å². The minimum Gasteiger partial charge on any atom is -0.508 e. The molecule has 1 aromatic carbocycles. The predicted octanol–water partition coefficient (Wildman–Crippen LogP) is 1.91. The number of Topliss-reactive ketones (excluding diaryl/α,β-unsaturated/α-hetero) is 1. The Morgan fingerprint density at radius 3 is 2.73 bits per heavy atom. The van der Waals surface area contributed by atoms with Crippen LogP contribution in [0.25, 0.3) is 0 Å². The average molecular weight is 208 g/mol. The molecule has 0 amide bonds. The third-order valence-corrected chi connectivity index (χ3v) is 2.34. The topological polar surface area (TPSA) is 57.5 Å². The predicted molar refractivity (Wildman–Crippen MR) is 58.1 cm³/mol. The number of phenolic OH excluding ortho intramolecular Hbond substituents is 1. The molecule has 0 heterocycles. The normalized spacial score (nSPS) is 10.3. The number of aliphatic hydroxyl groups excluding tert-OH is 1. The highest BCUT2D eigenvalue weighted by Crippen LogP contribution is 2.19. The number of aromatic hydroxyl groups is 1. The van der Waals surface area contributed by atoms with Crippen molar-refractivity contribution in [2.45, 2.75) is 26.2 Å². The Morgan fingerprint density at radius 2 is 2.13 bits per heavy atom. The van der Waals surface area contributed by atoms with E-state index in [0.29, 0.717) is 24.8 Å². The second-order valence-corrected chi connectivity index (χ2v) is 3.45. The van der Waals surface area contributed by atoms with Gasteiger partial charge in [-0.25, -0.2) is 0 Å². The molecule has 0 fully saturated rings. The summed E-state index contributed by atoms with van der Waals surface area (Å²) in [5, 5.41) is 18.1. The first-order valence-corrected chi connectivity index (χ1v) is 5.15. The molecule has 0 atom stereocenters. The van der Waals surface area contributed by atoms with Gasteiger partial charge in [-0.15, -0.1) is 0 Å². The third kappa shape index (κ3) is 3.06. The third-order valence-electron chi connectivity index (χ3n) is 2.34. The van der Waals surface area contributed by atoms with Crippen molar-refractivity contribution >= 4 is 5.78 Å². The molecule has 0 aromatic heterocycles. The molecule has 0 spiro atoms. The van der Waals surface area contributed by atoms with E-state index in [0.717, 1.165) is 5.56 Å². The molecule has 1 aromatic rings. The van der Waals surface area contributed by atoms with Crippen LogP contribution < -0.4 is 0 Å². The van der Waals surface area contributed by atoms with Crippen molar-refractivity contribution in [3.63, 3.8) is 0 Å². The first kappa shape index (κ1) is 11.7.